The molecule has 0 amide bonds. The summed E-state index contributed by atoms with van der Waals surface area (Å²) in [6.45, 7) is 0. The minimum atomic E-state index is 0.682. The van der Waals surface area contributed by atoms with Crippen LogP contribution >= 0.6 is 0 Å². The molecule has 3 heteroatoms. The fourth-order valence-electron chi connectivity index (χ4n) is 4.55. The van der Waals surface area contributed by atoms with Gasteiger partial charge in [-0.3, -0.25) is 0 Å². The third kappa shape index (κ3) is 5.53. The number of hydrogen-bond donors (Lipinski definition) is 0. The van der Waals surface area contributed by atoms with Crippen molar-refractivity contribution in [2.75, 3.05) is 4.90 Å². The van der Waals surface area contributed by atoms with E-state index in [1.165, 1.54) is 0 Å². The Labute approximate surface area is 229 Å². The molecule has 0 radical (unpaired) electrons. The highest BCUT2D eigenvalue weighted by atomic mass is 16.5. The van der Waals surface area contributed by atoms with E-state index in [0.29, 0.717) is 11.5 Å². The summed E-state index contributed by atoms with van der Waals surface area (Å²) in [5.41, 5.74) is 4.86. The van der Waals surface area contributed by atoms with Crippen LogP contribution in [-0.4, -0.2) is 0 Å². The quantitative estimate of drug-likeness (QED) is 0.205. The van der Waals surface area contributed by atoms with Gasteiger partial charge in [0.05, 0.1) is 0 Å². The first-order valence-corrected chi connectivity index (χ1v) is 12.9. The van der Waals surface area contributed by atoms with Crippen LogP contribution in [0.3, 0.4) is 0 Å². The van der Waals surface area contributed by atoms with E-state index in [1.54, 1.807) is 0 Å². The molecule has 0 saturated carbocycles. The van der Waals surface area contributed by atoms with E-state index in [-0.39, 0.29) is 0 Å². The molecule has 0 atom stereocenters. The topological polar surface area (TPSA) is 21.7 Å². The molecule has 0 unspecified atom stereocenters. The lowest BCUT2D eigenvalue weighted by atomic mass is 10.0. The monoisotopic (exact) mass is 505 g/mol. The van der Waals surface area contributed by atoms with Crippen molar-refractivity contribution in [1.29, 1.82) is 0 Å². The summed E-state index contributed by atoms with van der Waals surface area (Å²) < 4.78 is 13.3. The van der Waals surface area contributed by atoms with Crippen molar-refractivity contribution in [3.8, 4) is 34.1 Å². The lowest BCUT2D eigenvalue weighted by Gasteiger charge is -2.29. The minimum absolute atomic E-state index is 0.682. The molecule has 0 aliphatic heterocycles. The highest BCUT2D eigenvalue weighted by Gasteiger charge is 2.24. The van der Waals surface area contributed by atoms with Gasteiger partial charge < -0.3 is 14.4 Å². The molecule has 0 saturated heterocycles. The predicted molar refractivity (Wildman–Crippen MR) is 160 cm³/mol. The molecule has 0 N–H and O–H groups in total. The molecule has 6 rings (SSSR count). The Bertz CT molecular complexity index is 1520. The van der Waals surface area contributed by atoms with E-state index in [1.807, 2.05) is 115 Å². The average Bonchev–Trinajstić information content (AvgIpc) is 3.01. The molecule has 0 heterocycles. The molecule has 0 bridgehead atoms. The van der Waals surface area contributed by atoms with Gasteiger partial charge in [0.15, 0.2) is 11.5 Å². The number of hydrogen-bond acceptors (Lipinski definition) is 3. The molecular weight excluding hydrogens is 478 g/mol. The van der Waals surface area contributed by atoms with E-state index in [9.17, 15) is 0 Å². The first-order valence-electron chi connectivity index (χ1n) is 12.9. The molecule has 0 spiro atoms. The highest BCUT2D eigenvalue weighted by Crippen LogP contribution is 2.50. The summed E-state index contributed by atoms with van der Waals surface area (Å²) in [5, 5.41) is 0. The lowest BCUT2D eigenvalue weighted by molar-refractivity contribution is 0.463. The summed E-state index contributed by atoms with van der Waals surface area (Å²) in [6, 6.07) is 54.8. The van der Waals surface area contributed by atoms with Crippen molar-refractivity contribution in [2.45, 2.75) is 0 Å². The van der Waals surface area contributed by atoms with E-state index < -0.39 is 0 Å². The molecule has 6 aromatic rings. The maximum Gasteiger partial charge on any atom is 0.155 e. The zero-order valence-electron chi connectivity index (χ0n) is 21.4. The maximum absolute atomic E-state index is 6.65. The number of benzene rings is 6. The molecule has 3 nitrogen and oxygen atoms in total. The third-order valence-electron chi connectivity index (χ3n) is 6.34. The Morgan fingerprint density at radius 1 is 0.359 bits per heavy atom. The molecule has 0 aliphatic carbocycles. The van der Waals surface area contributed by atoms with E-state index in [2.05, 4.69) is 53.4 Å². The Morgan fingerprint density at radius 2 is 0.718 bits per heavy atom. The predicted octanol–water partition coefficient (Wildman–Crippen LogP) is 10.4. The number of rotatable bonds is 8. The van der Waals surface area contributed by atoms with Gasteiger partial charge in [-0.1, -0.05) is 103 Å². The van der Waals surface area contributed by atoms with Crippen molar-refractivity contribution >= 4 is 17.1 Å². The van der Waals surface area contributed by atoms with Gasteiger partial charge >= 0.3 is 0 Å². The summed E-state index contributed by atoms with van der Waals surface area (Å²) in [5.74, 6) is 2.86. The largest absolute Gasteiger partial charge is 0.455 e. The number of anilines is 3. The van der Waals surface area contributed by atoms with Crippen molar-refractivity contribution in [2.24, 2.45) is 0 Å². The van der Waals surface area contributed by atoms with Gasteiger partial charge in [-0.15, -0.1) is 0 Å². The fraction of sp³-hybridized carbons (Fsp3) is 0. The standard InChI is InChI=1S/C36H27NO2/c1-6-16-28(17-7-1)29-26-34(38-32-22-12-4-13-23-32)36(35(27-29)39-33-24-14-5-15-25-33)37(30-18-8-2-9-19-30)31-20-10-3-11-21-31/h1-27H. The second kappa shape index (κ2) is 11.4. The lowest BCUT2D eigenvalue weighted by Crippen LogP contribution is -2.12. The van der Waals surface area contributed by atoms with Crippen molar-refractivity contribution in [3.05, 3.63) is 164 Å². The summed E-state index contributed by atoms with van der Waals surface area (Å²) in [4.78, 5) is 2.19. The van der Waals surface area contributed by atoms with Gasteiger partial charge in [-0.25, -0.2) is 0 Å². The van der Waals surface area contributed by atoms with Gasteiger partial charge in [0.25, 0.3) is 0 Å². The van der Waals surface area contributed by atoms with Crippen LogP contribution in [-0.2, 0) is 0 Å². The van der Waals surface area contributed by atoms with Crippen LogP contribution in [0.4, 0.5) is 17.1 Å². The van der Waals surface area contributed by atoms with Gasteiger partial charge in [0.1, 0.15) is 17.2 Å². The molecule has 0 fully saturated rings. The first-order chi connectivity index (χ1) is 19.3. The zero-order chi connectivity index (χ0) is 26.3. The van der Waals surface area contributed by atoms with E-state index in [0.717, 1.165) is 39.7 Å². The smallest absolute Gasteiger partial charge is 0.155 e. The molecule has 188 valence electrons. The molecular formula is C36H27NO2. The normalized spacial score (nSPS) is 10.6. The highest BCUT2D eigenvalue weighted by molar-refractivity contribution is 5.87. The number of nitrogens with zero attached hydrogens (tertiary/aromatic N) is 1. The second-order valence-electron chi connectivity index (χ2n) is 9.02. The molecule has 6 aromatic carbocycles. The van der Waals surface area contributed by atoms with Crippen molar-refractivity contribution in [1.82, 2.24) is 0 Å². The summed E-state index contributed by atoms with van der Waals surface area (Å²) in [6.07, 6.45) is 0. The van der Waals surface area contributed by atoms with Crippen molar-refractivity contribution in [3.63, 3.8) is 0 Å². The minimum Gasteiger partial charge on any atom is -0.455 e. The van der Waals surface area contributed by atoms with Crippen LogP contribution in [0.25, 0.3) is 11.1 Å². The Hall–Kier alpha value is -5.28. The van der Waals surface area contributed by atoms with Crippen molar-refractivity contribution < 1.29 is 9.47 Å². The first kappa shape index (κ1) is 24.1. The summed E-state index contributed by atoms with van der Waals surface area (Å²) in [7, 11) is 0. The zero-order valence-corrected chi connectivity index (χ0v) is 21.4. The number of ether oxygens (including phenoxy) is 2. The van der Waals surface area contributed by atoms with Gasteiger partial charge in [0.2, 0.25) is 0 Å². The second-order valence-corrected chi connectivity index (χ2v) is 9.02. The van der Waals surface area contributed by atoms with Crippen LogP contribution in [0.1, 0.15) is 0 Å². The fourth-order valence-corrected chi connectivity index (χ4v) is 4.55. The Morgan fingerprint density at radius 3 is 1.13 bits per heavy atom. The van der Waals surface area contributed by atoms with Gasteiger partial charge in [-0.2, -0.15) is 0 Å². The van der Waals surface area contributed by atoms with Gasteiger partial charge in [-0.05, 0) is 71.8 Å². The summed E-state index contributed by atoms with van der Waals surface area (Å²) >= 11 is 0. The van der Waals surface area contributed by atoms with Crippen LogP contribution < -0.4 is 14.4 Å². The van der Waals surface area contributed by atoms with E-state index in [4.69, 9.17) is 9.47 Å². The van der Waals surface area contributed by atoms with Crippen LogP contribution in [0, 0.1) is 0 Å². The maximum atomic E-state index is 6.65. The van der Waals surface area contributed by atoms with Crippen LogP contribution in [0.2, 0.25) is 0 Å². The Balaban J connectivity index is 1.63. The third-order valence-corrected chi connectivity index (χ3v) is 6.34. The SMILES string of the molecule is c1ccc(Oc2cc(-c3ccccc3)cc(Oc3ccccc3)c2N(c2ccccc2)c2ccccc2)cc1. The molecule has 0 aromatic heterocycles. The van der Waals surface area contributed by atoms with E-state index >= 15 is 0 Å². The van der Waals surface area contributed by atoms with Gasteiger partial charge in [0, 0.05) is 11.4 Å². The average molecular weight is 506 g/mol. The van der Waals surface area contributed by atoms with Crippen LogP contribution in [0.15, 0.2) is 164 Å². The van der Waals surface area contributed by atoms with Crippen LogP contribution in [0.5, 0.6) is 23.0 Å². The Kier molecular flexibility index (Phi) is 7.04. The number of para-hydroxylation sites is 4. The molecule has 0 aliphatic rings. The molecule has 39 heavy (non-hydrogen) atoms.